The van der Waals surface area contributed by atoms with Crippen molar-refractivity contribution in [3.63, 3.8) is 0 Å². The molecule has 100 valence electrons. The molecular formula is C11H15BrN2O4. The minimum absolute atomic E-state index is 0.0292. The summed E-state index contributed by atoms with van der Waals surface area (Å²) in [5, 5.41) is 22.9. The molecule has 0 spiro atoms. The fourth-order valence-corrected chi connectivity index (χ4v) is 2.02. The zero-order valence-electron chi connectivity index (χ0n) is 9.93. The van der Waals surface area contributed by atoms with Crippen LogP contribution in [0.15, 0.2) is 22.7 Å². The summed E-state index contributed by atoms with van der Waals surface area (Å²) in [6.45, 7) is 0.736. The molecule has 0 bridgehead atoms. The van der Waals surface area contributed by atoms with E-state index >= 15 is 0 Å². The molecule has 7 heteroatoms. The molecule has 0 saturated heterocycles. The third-order valence-electron chi connectivity index (χ3n) is 2.42. The first-order valence-corrected chi connectivity index (χ1v) is 6.14. The molecule has 1 aromatic rings. The number of ether oxygens (including phenoxy) is 1. The van der Waals surface area contributed by atoms with Gasteiger partial charge in [0.05, 0.1) is 28.7 Å². The van der Waals surface area contributed by atoms with E-state index in [0.717, 1.165) is 5.56 Å². The molecule has 1 rings (SSSR count). The maximum atomic E-state index is 10.8. The number of methoxy groups -OCH3 is 1. The highest BCUT2D eigenvalue weighted by molar-refractivity contribution is 9.10. The molecule has 1 aromatic carbocycles. The standard InChI is InChI=1S/C11H15BrN2O4/c1-18-7-9(6-15)13-5-8-3-2-4-10(11(8)12)14(16)17/h2-4,9,13,15H,5-7H2,1H3. The van der Waals surface area contributed by atoms with Crippen molar-refractivity contribution in [2.24, 2.45) is 0 Å². The zero-order chi connectivity index (χ0) is 13.5. The van der Waals surface area contributed by atoms with E-state index in [2.05, 4.69) is 21.2 Å². The molecule has 6 nitrogen and oxygen atoms in total. The van der Waals surface area contributed by atoms with Gasteiger partial charge in [-0.3, -0.25) is 10.1 Å². The zero-order valence-corrected chi connectivity index (χ0v) is 11.5. The molecule has 1 unspecified atom stereocenters. The Morgan fingerprint density at radius 3 is 2.89 bits per heavy atom. The average Bonchev–Trinajstić information content (AvgIpc) is 2.35. The van der Waals surface area contributed by atoms with Crippen LogP contribution in [0.5, 0.6) is 0 Å². The number of nitrogens with zero attached hydrogens (tertiary/aromatic N) is 1. The fourth-order valence-electron chi connectivity index (χ4n) is 1.48. The van der Waals surface area contributed by atoms with Crippen LogP contribution in [0.25, 0.3) is 0 Å². The Kier molecular flexibility index (Phi) is 6.20. The van der Waals surface area contributed by atoms with Gasteiger partial charge in [-0.05, 0) is 21.5 Å². The van der Waals surface area contributed by atoms with Gasteiger partial charge in [-0.15, -0.1) is 0 Å². The quantitative estimate of drug-likeness (QED) is 0.587. The Hall–Kier alpha value is -1.02. The van der Waals surface area contributed by atoms with Crippen LogP contribution in [-0.2, 0) is 11.3 Å². The van der Waals surface area contributed by atoms with Crippen molar-refractivity contribution in [3.05, 3.63) is 38.3 Å². The van der Waals surface area contributed by atoms with E-state index in [-0.39, 0.29) is 18.3 Å². The van der Waals surface area contributed by atoms with Gasteiger partial charge < -0.3 is 15.2 Å². The van der Waals surface area contributed by atoms with Crippen molar-refractivity contribution in [3.8, 4) is 0 Å². The van der Waals surface area contributed by atoms with Crippen LogP contribution in [0.4, 0.5) is 5.69 Å². The normalized spacial score (nSPS) is 12.4. The van der Waals surface area contributed by atoms with E-state index < -0.39 is 4.92 Å². The summed E-state index contributed by atoms with van der Waals surface area (Å²) in [4.78, 5) is 10.3. The van der Waals surface area contributed by atoms with Gasteiger partial charge in [0.2, 0.25) is 0 Å². The topological polar surface area (TPSA) is 84.6 Å². The lowest BCUT2D eigenvalue weighted by atomic mass is 10.2. The predicted octanol–water partition coefficient (Wildman–Crippen LogP) is 1.45. The SMILES string of the molecule is COCC(CO)NCc1cccc([N+](=O)[O-])c1Br. The van der Waals surface area contributed by atoms with Crippen molar-refractivity contribution < 1.29 is 14.8 Å². The minimum atomic E-state index is -0.438. The van der Waals surface area contributed by atoms with Crippen molar-refractivity contribution in [1.29, 1.82) is 0 Å². The number of rotatable bonds is 7. The van der Waals surface area contributed by atoms with Crippen LogP contribution >= 0.6 is 15.9 Å². The highest BCUT2D eigenvalue weighted by Crippen LogP contribution is 2.28. The van der Waals surface area contributed by atoms with Gasteiger partial charge in [-0.1, -0.05) is 12.1 Å². The van der Waals surface area contributed by atoms with Crippen LogP contribution in [-0.4, -0.2) is 36.4 Å². The third kappa shape index (κ3) is 4.02. The van der Waals surface area contributed by atoms with Crippen LogP contribution in [0.3, 0.4) is 0 Å². The van der Waals surface area contributed by atoms with Crippen LogP contribution in [0.1, 0.15) is 5.56 Å². The molecule has 0 aliphatic rings. The second-order valence-electron chi connectivity index (χ2n) is 3.72. The van der Waals surface area contributed by atoms with Gasteiger partial charge in [-0.2, -0.15) is 0 Å². The molecule has 0 radical (unpaired) electrons. The number of aliphatic hydroxyl groups excluding tert-OH is 1. The first kappa shape index (κ1) is 15.0. The van der Waals surface area contributed by atoms with Crippen LogP contribution in [0.2, 0.25) is 0 Å². The summed E-state index contributed by atoms with van der Waals surface area (Å²) in [7, 11) is 1.55. The Morgan fingerprint density at radius 2 is 2.33 bits per heavy atom. The lowest BCUT2D eigenvalue weighted by Gasteiger charge is -2.15. The molecule has 0 heterocycles. The lowest BCUT2D eigenvalue weighted by Crippen LogP contribution is -2.36. The Bertz CT molecular complexity index is 414. The van der Waals surface area contributed by atoms with E-state index in [1.54, 1.807) is 19.2 Å². The second kappa shape index (κ2) is 7.42. The van der Waals surface area contributed by atoms with E-state index in [1.807, 2.05) is 0 Å². The van der Waals surface area contributed by atoms with Gasteiger partial charge in [0.1, 0.15) is 0 Å². The monoisotopic (exact) mass is 318 g/mol. The molecule has 2 N–H and O–H groups in total. The molecule has 0 aromatic heterocycles. The number of nitro benzene ring substituents is 1. The van der Waals surface area contributed by atoms with E-state index in [4.69, 9.17) is 9.84 Å². The number of benzene rings is 1. The smallest absolute Gasteiger partial charge is 0.283 e. The van der Waals surface area contributed by atoms with E-state index in [0.29, 0.717) is 17.6 Å². The second-order valence-corrected chi connectivity index (χ2v) is 4.52. The number of hydrogen-bond acceptors (Lipinski definition) is 5. The highest BCUT2D eigenvalue weighted by atomic mass is 79.9. The van der Waals surface area contributed by atoms with Crippen LogP contribution in [0, 0.1) is 10.1 Å². The summed E-state index contributed by atoms with van der Waals surface area (Å²) >= 11 is 3.22. The van der Waals surface area contributed by atoms with Crippen molar-refractivity contribution >= 4 is 21.6 Å². The first-order valence-electron chi connectivity index (χ1n) is 5.35. The molecule has 0 amide bonds. The van der Waals surface area contributed by atoms with Crippen molar-refractivity contribution in [2.75, 3.05) is 20.3 Å². The molecule has 0 saturated carbocycles. The summed E-state index contributed by atoms with van der Waals surface area (Å²) in [5.41, 5.74) is 0.792. The van der Waals surface area contributed by atoms with Crippen molar-refractivity contribution in [2.45, 2.75) is 12.6 Å². The maximum Gasteiger partial charge on any atom is 0.283 e. The maximum absolute atomic E-state index is 10.8. The van der Waals surface area contributed by atoms with Crippen LogP contribution < -0.4 is 5.32 Å². The van der Waals surface area contributed by atoms with Gasteiger partial charge in [0.25, 0.3) is 5.69 Å². The summed E-state index contributed by atoms with van der Waals surface area (Å²) in [6, 6.07) is 4.66. The van der Waals surface area contributed by atoms with Gasteiger partial charge in [-0.25, -0.2) is 0 Å². The summed E-state index contributed by atoms with van der Waals surface area (Å²) in [5.74, 6) is 0. The van der Waals surface area contributed by atoms with Gasteiger partial charge in [0, 0.05) is 19.7 Å². The minimum Gasteiger partial charge on any atom is -0.395 e. The van der Waals surface area contributed by atoms with Gasteiger partial charge in [0.15, 0.2) is 0 Å². The Morgan fingerprint density at radius 1 is 1.61 bits per heavy atom. The number of nitro groups is 1. The molecular weight excluding hydrogens is 304 g/mol. The van der Waals surface area contributed by atoms with E-state index in [9.17, 15) is 10.1 Å². The third-order valence-corrected chi connectivity index (χ3v) is 3.34. The van der Waals surface area contributed by atoms with Crippen molar-refractivity contribution in [1.82, 2.24) is 5.32 Å². The highest BCUT2D eigenvalue weighted by Gasteiger charge is 2.15. The summed E-state index contributed by atoms with van der Waals surface area (Å²) < 4.78 is 5.39. The molecule has 1 atom stereocenters. The lowest BCUT2D eigenvalue weighted by molar-refractivity contribution is -0.385. The molecule has 0 aliphatic carbocycles. The Balaban J connectivity index is 2.73. The number of halogens is 1. The summed E-state index contributed by atoms with van der Waals surface area (Å²) in [6.07, 6.45) is 0. The molecule has 0 fully saturated rings. The molecule has 18 heavy (non-hydrogen) atoms. The Labute approximate surface area is 113 Å². The first-order chi connectivity index (χ1) is 8.60. The van der Waals surface area contributed by atoms with E-state index in [1.165, 1.54) is 6.07 Å². The number of nitrogens with one attached hydrogen (secondary N) is 1. The largest absolute Gasteiger partial charge is 0.395 e. The fraction of sp³-hybridized carbons (Fsp3) is 0.455. The number of aliphatic hydroxyl groups is 1. The number of hydrogen-bond donors (Lipinski definition) is 2. The predicted molar refractivity (Wildman–Crippen MR) is 70.4 cm³/mol. The average molecular weight is 319 g/mol. The van der Waals surface area contributed by atoms with Gasteiger partial charge >= 0.3 is 0 Å². The molecule has 0 aliphatic heterocycles.